The molecule has 2 amide bonds. The van der Waals surface area contributed by atoms with Crippen molar-refractivity contribution in [3.8, 4) is 0 Å². The number of carbonyl (C=O) groups excluding carboxylic acids is 3. The van der Waals surface area contributed by atoms with Crippen LogP contribution in [0.3, 0.4) is 0 Å². The molecule has 0 aliphatic rings. The summed E-state index contributed by atoms with van der Waals surface area (Å²) in [5.74, 6) is -0.809. The Morgan fingerprint density at radius 3 is 2.27 bits per heavy atom. The van der Waals surface area contributed by atoms with E-state index in [-0.39, 0.29) is 17.8 Å². The molecule has 2 rings (SSSR count). The maximum Gasteiger partial charge on any atom is 0.338 e. The molecule has 6 heteroatoms. The van der Waals surface area contributed by atoms with E-state index in [1.165, 1.54) is 0 Å². The van der Waals surface area contributed by atoms with Crippen LogP contribution in [0.2, 0.25) is 0 Å². The third-order valence-electron chi connectivity index (χ3n) is 3.55. The fourth-order valence-corrected chi connectivity index (χ4v) is 2.16. The molecule has 0 unspecified atom stereocenters. The summed E-state index contributed by atoms with van der Waals surface area (Å²) >= 11 is 0. The molecule has 0 aliphatic carbocycles. The van der Waals surface area contributed by atoms with Crippen molar-refractivity contribution in [1.82, 2.24) is 0 Å². The summed E-state index contributed by atoms with van der Waals surface area (Å²) < 4.78 is 5.06. The van der Waals surface area contributed by atoms with E-state index in [9.17, 15) is 14.4 Å². The Hall–Kier alpha value is -3.15. The minimum atomic E-state index is -0.385. The van der Waals surface area contributed by atoms with Crippen molar-refractivity contribution < 1.29 is 19.1 Å². The van der Waals surface area contributed by atoms with Crippen LogP contribution in [-0.2, 0) is 9.53 Å². The van der Waals surface area contributed by atoms with E-state index in [1.807, 2.05) is 6.92 Å². The Balaban J connectivity index is 2.02. The second-order valence-corrected chi connectivity index (χ2v) is 5.65. The molecule has 0 atom stereocenters. The van der Waals surface area contributed by atoms with Crippen LogP contribution in [0.5, 0.6) is 0 Å². The lowest BCUT2D eigenvalue weighted by Crippen LogP contribution is -2.14. The fraction of sp³-hybridized carbons (Fsp3) is 0.250. The van der Waals surface area contributed by atoms with Gasteiger partial charge in [0, 0.05) is 23.4 Å². The van der Waals surface area contributed by atoms with Gasteiger partial charge in [0.15, 0.2) is 0 Å². The quantitative estimate of drug-likeness (QED) is 0.740. The van der Waals surface area contributed by atoms with E-state index in [0.29, 0.717) is 35.5 Å². The van der Waals surface area contributed by atoms with Crippen LogP contribution in [0.25, 0.3) is 0 Å². The predicted octanol–water partition coefficient (Wildman–Crippen LogP) is 3.85. The number of benzene rings is 2. The second-order valence-electron chi connectivity index (χ2n) is 5.65. The van der Waals surface area contributed by atoms with E-state index < -0.39 is 0 Å². The Kier molecular flexibility index (Phi) is 6.91. The van der Waals surface area contributed by atoms with Crippen LogP contribution in [0, 0.1) is 0 Å². The highest BCUT2D eigenvalue weighted by atomic mass is 16.5. The van der Waals surface area contributed by atoms with Gasteiger partial charge in [-0.15, -0.1) is 0 Å². The van der Waals surface area contributed by atoms with Gasteiger partial charge >= 0.3 is 5.97 Å². The predicted molar refractivity (Wildman–Crippen MR) is 100 cm³/mol. The van der Waals surface area contributed by atoms with Gasteiger partial charge in [0.25, 0.3) is 5.91 Å². The number of carbonyl (C=O) groups is 3. The van der Waals surface area contributed by atoms with Crippen molar-refractivity contribution in [2.75, 3.05) is 17.2 Å². The number of nitrogens with one attached hydrogen (secondary N) is 2. The van der Waals surface area contributed by atoms with Gasteiger partial charge in [0.05, 0.1) is 12.2 Å². The third-order valence-corrected chi connectivity index (χ3v) is 3.55. The van der Waals surface area contributed by atoms with Crippen molar-refractivity contribution in [2.45, 2.75) is 26.7 Å². The van der Waals surface area contributed by atoms with Crippen LogP contribution >= 0.6 is 0 Å². The number of amides is 2. The molecule has 0 bridgehead atoms. The molecular weight excluding hydrogens is 332 g/mol. The van der Waals surface area contributed by atoms with Gasteiger partial charge in [-0.3, -0.25) is 9.59 Å². The minimum absolute atomic E-state index is 0.117. The zero-order chi connectivity index (χ0) is 18.9. The van der Waals surface area contributed by atoms with Crippen LogP contribution in [0.15, 0.2) is 48.5 Å². The monoisotopic (exact) mass is 354 g/mol. The Labute approximate surface area is 152 Å². The fourth-order valence-electron chi connectivity index (χ4n) is 2.16. The molecule has 0 aromatic heterocycles. The lowest BCUT2D eigenvalue weighted by molar-refractivity contribution is -0.115. The molecule has 0 heterocycles. The smallest absolute Gasteiger partial charge is 0.338 e. The number of esters is 1. The van der Waals surface area contributed by atoms with Crippen LogP contribution in [0.1, 0.15) is 47.4 Å². The van der Waals surface area contributed by atoms with E-state index >= 15 is 0 Å². The lowest BCUT2D eigenvalue weighted by atomic mass is 10.1. The standard InChI is InChI=1S/C20H22N2O4/c1-3-12-26-20(25)14-8-10-16(11-9-14)22-19(24)15-6-5-7-17(13-15)21-18(23)4-2/h5-11,13H,3-4,12H2,1-2H3,(H,21,23)(H,22,24). The van der Waals surface area contributed by atoms with E-state index in [0.717, 1.165) is 6.42 Å². The van der Waals surface area contributed by atoms with Crippen molar-refractivity contribution in [1.29, 1.82) is 0 Å². The maximum atomic E-state index is 12.4. The highest BCUT2D eigenvalue weighted by molar-refractivity contribution is 6.05. The summed E-state index contributed by atoms with van der Waals surface area (Å²) in [5.41, 5.74) is 1.98. The molecule has 0 radical (unpaired) electrons. The molecule has 0 saturated carbocycles. The summed E-state index contributed by atoms with van der Waals surface area (Å²) in [7, 11) is 0. The molecule has 0 spiro atoms. The van der Waals surface area contributed by atoms with E-state index in [1.54, 1.807) is 55.5 Å². The Morgan fingerprint density at radius 1 is 0.885 bits per heavy atom. The van der Waals surface area contributed by atoms with Gasteiger partial charge in [-0.2, -0.15) is 0 Å². The van der Waals surface area contributed by atoms with Gasteiger partial charge in [0.2, 0.25) is 5.91 Å². The highest BCUT2D eigenvalue weighted by Gasteiger charge is 2.10. The first kappa shape index (κ1) is 19.2. The average Bonchev–Trinajstić information content (AvgIpc) is 2.66. The Morgan fingerprint density at radius 2 is 1.62 bits per heavy atom. The van der Waals surface area contributed by atoms with Crippen molar-refractivity contribution in [3.63, 3.8) is 0 Å². The SMILES string of the molecule is CCCOC(=O)c1ccc(NC(=O)c2cccc(NC(=O)CC)c2)cc1. The molecule has 136 valence electrons. The zero-order valence-corrected chi connectivity index (χ0v) is 14.9. The largest absolute Gasteiger partial charge is 0.462 e. The number of hydrogen-bond acceptors (Lipinski definition) is 4. The molecule has 2 N–H and O–H groups in total. The second kappa shape index (κ2) is 9.36. The minimum Gasteiger partial charge on any atom is -0.462 e. The van der Waals surface area contributed by atoms with Crippen molar-refractivity contribution >= 4 is 29.2 Å². The summed E-state index contributed by atoms with van der Waals surface area (Å²) in [6.07, 6.45) is 1.13. The molecule has 0 aliphatic heterocycles. The topological polar surface area (TPSA) is 84.5 Å². The molecule has 2 aromatic carbocycles. The van der Waals surface area contributed by atoms with Gasteiger partial charge in [-0.25, -0.2) is 4.79 Å². The molecular formula is C20H22N2O4. The third kappa shape index (κ3) is 5.44. The summed E-state index contributed by atoms with van der Waals surface area (Å²) in [4.78, 5) is 35.6. The molecule has 26 heavy (non-hydrogen) atoms. The first-order chi connectivity index (χ1) is 12.5. The highest BCUT2D eigenvalue weighted by Crippen LogP contribution is 2.15. The van der Waals surface area contributed by atoms with E-state index in [4.69, 9.17) is 4.74 Å². The van der Waals surface area contributed by atoms with Gasteiger partial charge in [0.1, 0.15) is 0 Å². The molecule has 0 saturated heterocycles. The first-order valence-corrected chi connectivity index (χ1v) is 8.52. The van der Waals surface area contributed by atoms with Crippen LogP contribution < -0.4 is 10.6 Å². The van der Waals surface area contributed by atoms with Crippen molar-refractivity contribution in [3.05, 3.63) is 59.7 Å². The van der Waals surface area contributed by atoms with Crippen molar-refractivity contribution in [2.24, 2.45) is 0 Å². The number of rotatable bonds is 7. The lowest BCUT2D eigenvalue weighted by Gasteiger charge is -2.09. The normalized spacial score (nSPS) is 10.1. The zero-order valence-electron chi connectivity index (χ0n) is 14.9. The first-order valence-electron chi connectivity index (χ1n) is 8.52. The average molecular weight is 354 g/mol. The van der Waals surface area contributed by atoms with E-state index in [2.05, 4.69) is 10.6 Å². The van der Waals surface area contributed by atoms with Crippen LogP contribution in [-0.4, -0.2) is 24.4 Å². The molecule has 2 aromatic rings. The Bertz CT molecular complexity index is 785. The van der Waals surface area contributed by atoms with Gasteiger partial charge in [-0.05, 0) is 48.9 Å². The number of hydrogen-bond donors (Lipinski definition) is 2. The van der Waals surface area contributed by atoms with Crippen LogP contribution in [0.4, 0.5) is 11.4 Å². The molecule has 6 nitrogen and oxygen atoms in total. The maximum absolute atomic E-state index is 12.4. The number of ether oxygens (including phenoxy) is 1. The summed E-state index contributed by atoms with van der Waals surface area (Å²) in [6.45, 7) is 4.06. The summed E-state index contributed by atoms with van der Waals surface area (Å²) in [6, 6.07) is 13.2. The van der Waals surface area contributed by atoms with Gasteiger partial charge < -0.3 is 15.4 Å². The van der Waals surface area contributed by atoms with Gasteiger partial charge in [-0.1, -0.05) is 19.9 Å². The number of anilines is 2. The molecule has 0 fully saturated rings. The summed E-state index contributed by atoms with van der Waals surface area (Å²) in [5, 5.41) is 5.48.